The molecule has 2 nitrogen and oxygen atoms in total. The van der Waals surface area contributed by atoms with Crippen molar-refractivity contribution in [2.24, 2.45) is 22.7 Å². The summed E-state index contributed by atoms with van der Waals surface area (Å²) >= 11 is 3.60. The third-order valence-corrected chi connectivity index (χ3v) is 6.09. The highest BCUT2D eigenvalue weighted by molar-refractivity contribution is 9.09. The predicted molar refractivity (Wildman–Crippen MR) is 58.3 cm³/mol. The van der Waals surface area contributed by atoms with Crippen molar-refractivity contribution in [1.29, 1.82) is 0 Å². The average molecular weight is 272 g/mol. The van der Waals surface area contributed by atoms with E-state index in [9.17, 15) is 9.90 Å². The molecule has 0 aromatic heterocycles. The Labute approximate surface area is 98.6 Å². The van der Waals surface area contributed by atoms with Crippen LogP contribution in [0.4, 0.5) is 0 Å². The molecule has 0 heterocycles. The summed E-state index contributed by atoms with van der Waals surface area (Å²) in [5.74, 6) is 0.533. The van der Waals surface area contributed by atoms with Crippen molar-refractivity contribution in [2.45, 2.75) is 38.5 Å². The second kappa shape index (κ2) is 2.99. The first kappa shape index (κ1) is 10.1. The first-order valence-corrected chi connectivity index (χ1v) is 6.97. The Morgan fingerprint density at radius 3 is 2.33 bits per heavy atom. The Bertz CT molecular complexity index is 299. The van der Waals surface area contributed by atoms with Crippen LogP contribution < -0.4 is 5.11 Å². The molecule has 2 atom stereocenters. The van der Waals surface area contributed by atoms with Crippen molar-refractivity contribution in [3.8, 4) is 0 Å². The van der Waals surface area contributed by atoms with E-state index in [1.165, 1.54) is 19.3 Å². The molecule has 4 rings (SSSR count). The van der Waals surface area contributed by atoms with Gasteiger partial charge >= 0.3 is 0 Å². The Hall–Kier alpha value is -0.0500. The van der Waals surface area contributed by atoms with Gasteiger partial charge in [-0.15, -0.1) is 0 Å². The summed E-state index contributed by atoms with van der Waals surface area (Å²) in [4.78, 5) is 11.4. The molecule has 0 unspecified atom stereocenters. The third-order valence-electron chi connectivity index (χ3n) is 4.90. The van der Waals surface area contributed by atoms with Crippen LogP contribution in [-0.2, 0) is 4.79 Å². The number of aliphatic carboxylic acids is 1. The molecule has 4 bridgehead atoms. The minimum Gasteiger partial charge on any atom is -0.550 e. The maximum Gasteiger partial charge on any atom is 0.0476 e. The maximum atomic E-state index is 11.4. The van der Waals surface area contributed by atoms with Crippen molar-refractivity contribution in [3.05, 3.63) is 0 Å². The smallest absolute Gasteiger partial charge is 0.0476 e. The van der Waals surface area contributed by atoms with Crippen LogP contribution in [0, 0.1) is 22.7 Å². The van der Waals surface area contributed by atoms with E-state index in [2.05, 4.69) is 15.9 Å². The van der Waals surface area contributed by atoms with Gasteiger partial charge in [0.15, 0.2) is 0 Å². The number of halogens is 1. The highest BCUT2D eigenvalue weighted by Gasteiger charge is 2.57. The maximum absolute atomic E-state index is 11.4. The van der Waals surface area contributed by atoms with E-state index < -0.39 is 11.4 Å². The van der Waals surface area contributed by atoms with Crippen LogP contribution in [0.25, 0.3) is 0 Å². The highest BCUT2D eigenvalue weighted by Crippen LogP contribution is 2.65. The minimum absolute atomic E-state index is 0.282. The van der Waals surface area contributed by atoms with E-state index in [1.807, 2.05) is 0 Å². The largest absolute Gasteiger partial charge is 0.550 e. The fraction of sp³-hybridized carbons (Fsp3) is 0.917. The Kier molecular flexibility index (Phi) is 2.02. The molecule has 0 aliphatic heterocycles. The molecule has 0 radical (unpaired) electrons. The molecule has 0 saturated heterocycles. The first-order chi connectivity index (χ1) is 7.07. The van der Waals surface area contributed by atoms with Crippen LogP contribution in [0.3, 0.4) is 0 Å². The Balaban J connectivity index is 1.99. The number of carbonyl (C=O) groups excluding carboxylic acids is 1. The molecule has 0 amide bonds. The summed E-state index contributed by atoms with van der Waals surface area (Å²) in [6.07, 6.45) is 6.39. The molecule has 84 valence electrons. The van der Waals surface area contributed by atoms with Gasteiger partial charge in [-0.3, -0.25) is 0 Å². The van der Waals surface area contributed by atoms with Crippen molar-refractivity contribution in [3.63, 3.8) is 0 Å². The van der Waals surface area contributed by atoms with Gasteiger partial charge in [-0.1, -0.05) is 15.9 Å². The lowest BCUT2D eigenvalue weighted by Gasteiger charge is -2.62. The summed E-state index contributed by atoms with van der Waals surface area (Å²) in [5, 5.41) is 12.4. The van der Waals surface area contributed by atoms with Gasteiger partial charge in [0.25, 0.3) is 0 Å². The van der Waals surface area contributed by atoms with Crippen LogP contribution in [0.1, 0.15) is 38.5 Å². The molecular formula is C12H16BrO2-. The molecule has 15 heavy (non-hydrogen) atoms. The van der Waals surface area contributed by atoms with Gasteiger partial charge < -0.3 is 9.90 Å². The quantitative estimate of drug-likeness (QED) is 0.718. The van der Waals surface area contributed by atoms with Gasteiger partial charge in [0.1, 0.15) is 0 Å². The van der Waals surface area contributed by atoms with E-state index in [1.54, 1.807) is 0 Å². The summed E-state index contributed by atoms with van der Waals surface area (Å²) in [6, 6.07) is 0. The van der Waals surface area contributed by atoms with E-state index in [0.29, 0.717) is 11.8 Å². The average Bonchev–Trinajstić information content (AvgIpc) is 2.15. The summed E-state index contributed by atoms with van der Waals surface area (Å²) in [7, 11) is 0. The van der Waals surface area contributed by atoms with E-state index in [4.69, 9.17) is 0 Å². The van der Waals surface area contributed by atoms with E-state index in [-0.39, 0.29) is 5.41 Å². The number of carboxylic acids is 1. The number of carbonyl (C=O) groups is 1. The topological polar surface area (TPSA) is 40.1 Å². The standard InChI is InChI=1S/C12H17BrO2/c13-7-11-2-8-1-9(3-11)5-12(4-8,6-11)10(14)15/h8-9H,1-7H2,(H,14,15)/p-1/t8-,9-,11?,12?/m0/s1. The Morgan fingerprint density at radius 2 is 1.87 bits per heavy atom. The van der Waals surface area contributed by atoms with Gasteiger partial charge in [0.05, 0.1) is 0 Å². The Morgan fingerprint density at radius 1 is 1.27 bits per heavy atom. The highest BCUT2D eigenvalue weighted by atomic mass is 79.9. The third kappa shape index (κ3) is 1.31. The van der Waals surface area contributed by atoms with Crippen LogP contribution in [0.2, 0.25) is 0 Å². The molecule has 4 fully saturated rings. The molecule has 4 aliphatic carbocycles. The minimum atomic E-state index is -0.776. The lowest BCUT2D eigenvalue weighted by atomic mass is 9.44. The van der Waals surface area contributed by atoms with Crippen LogP contribution in [-0.4, -0.2) is 11.3 Å². The monoisotopic (exact) mass is 271 g/mol. The van der Waals surface area contributed by atoms with E-state index in [0.717, 1.165) is 24.6 Å². The molecular weight excluding hydrogens is 256 g/mol. The molecule has 0 aromatic rings. The van der Waals surface area contributed by atoms with E-state index >= 15 is 0 Å². The van der Waals surface area contributed by atoms with Crippen molar-refractivity contribution >= 4 is 21.9 Å². The lowest BCUT2D eigenvalue weighted by molar-refractivity contribution is -0.329. The second-order valence-corrected chi connectivity index (χ2v) is 6.72. The zero-order valence-corrected chi connectivity index (χ0v) is 10.4. The van der Waals surface area contributed by atoms with Crippen LogP contribution in [0.5, 0.6) is 0 Å². The number of rotatable bonds is 2. The molecule has 0 aromatic carbocycles. The van der Waals surface area contributed by atoms with Crippen molar-refractivity contribution < 1.29 is 9.90 Å². The van der Waals surface area contributed by atoms with Crippen molar-refractivity contribution in [1.82, 2.24) is 0 Å². The normalized spacial score (nSPS) is 52.1. The summed E-state index contributed by atoms with van der Waals surface area (Å²) < 4.78 is 0. The fourth-order valence-corrected chi connectivity index (χ4v) is 5.50. The number of hydrogen-bond donors (Lipinski definition) is 0. The number of carboxylic acid groups (broad SMARTS) is 1. The second-order valence-electron chi connectivity index (χ2n) is 6.16. The SMILES string of the molecule is O=C([O-])C12C[C@H]3C[C@@H](CC(CBr)(C3)C1)C2. The van der Waals surface area contributed by atoms with Gasteiger partial charge in [0.2, 0.25) is 0 Å². The first-order valence-electron chi connectivity index (χ1n) is 5.85. The zero-order valence-electron chi connectivity index (χ0n) is 8.80. The zero-order chi connectivity index (χ0) is 10.7. The molecule has 0 spiro atoms. The molecule has 0 N–H and O–H groups in total. The molecule has 4 aliphatic rings. The molecule has 4 saturated carbocycles. The summed E-state index contributed by atoms with van der Waals surface area (Å²) in [6.45, 7) is 0. The lowest BCUT2D eigenvalue weighted by Crippen LogP contribution is -2.58. The number of hydrogen-bond acceptors (Lipinski definition) is 2. The van der Waals surface area contributed by atoms with Crippen LogP contribution >= 0.6 is 15.9 Å². The fourth-order valence-electron chi connectivity index (χ4n) is 4.85. The predicted octanol–water partition coefficient (Wildman–Crippen LogP) is 1.72. The van der Waals surface area contributed by atoms with Gasteiger partial charge in [-0.2, -0.15) is 0 Å². The van der Waals surface area contributed by atoms with Crippen LogP contribution in [0.15, 0.2) is 0 Å². The van der Waals surface area contributed by atoms with Gasteiger partial charge in [-0.25, -0.2) is 0 Å². The van der Waals surface area contributed by atoms with Gasteiger partial charge in [-0.05, 0) is 55.8 Å². The molecule has 3 heteroatoms. The van der Waals surface area contributed by atoms with Crippen molar-refractivity contribution in [2.75, 3.05) is 5.33 Å². The number of alkyl halides is 1. The summed E-state index contributed by atoms with van der Waals surface area (Å²) in [5.41, 5.74) is -0.179. The van der Waals surface area contributed by atoms with Gasteiger partial charge in [0, 0.05) is 16.7 Å².